The molecule has 0 saturated carbocycles. The lowest BCUT2D eigenvalue weighted by molar-refractivity contribution is -0.274. The Labute approximate surface area is 204 Å². The zero-order valence-electron chi connectivity index (χ0n) is 18.5. The van der Waals surface area contributed by atoms with Gasteiger partial charge in [-0.3, -0.25) is 4.79 Å². The molecule has 184 valence electrons. The Bertz CT molecular complexity index is 1040. The molecule has 1 fully saturated rings. The van der Waals surface area contributed by atoms with Gasteiger partial charge in [0.15, 0.2) is 6.29 Å². The van der Waals surface area contributed by atoms with E-state index in [1.807, 2.05) is 0 Å². The minimum Gasteiger partial charge on any atom is -0.406 e. The van der Waals surface area contributed by atoms with Gasteiger partial charge in [-0.25, -0.2) is 9.89 Å². The Morgan fingerprint density at radius 3 is 2.21 bits per heavy atom. The van der Waals surface area contributed by atoms with Gasteiger partial charge in [-0.05, 0) is 42.8 Å². The monoisotopic (exact) mass is 519 g/mol. The molecule has 0 unspecified atom stereocenters. The van der Waals surface area contributed by atoms with Gasteiger partial charge in [0, 0.05) is 30.7 Å². The number of carbonyl (C=O) groups excluding carboxylic acids is 1. The van der Waals surface area contributed by atoms with Gasteiger partial charge >= 0.3 is 6.36 Å². The van der Waals surface area contributed by atoms with Gasteiger partial charge in [0.2, 0.25) is 5.96 Å². The van der Waals surface area contributed by atoms with Crippen molar-refractivity contribution in [3.8, 4) is 5.75 Å². The van der Waals surface area contributed by atoms with Crippen molar-refractivity contribution in [2.75, 3.05) is 25.7 Å². The minimum atomic E-state index is -4.79. The fraction of sp³-hybridized carbons (Fsp3) is 0.364. The molecule has 1 amide bonds. The Hall–Kier alpha value is -2.53. The summed E-state index contributed by atoms with van der Waals surface area (Å²) >= 11 is 12.3. The Morgan fingerprint density at radius 2 is 1.68 bits per heavy atom. The Balaban J connectivity index is 1.91. The number of aliphatic imine (C=N–C) groups is 1. The van der Waals surface area contributed by atoms with E-state index < -0.39 is 18.2 Å². The molecule has 0 aromatic heterocycles. The van der Waals surface area contributed by atoms with Gasteiger partial charge in [-0.15, -0.1) is 13.2 Å². The quantitative estimate of drug-likeness (QED) is 0.507. The Kier molecular flexibility index (Phi) is 7.97. The van der Waals surface area contributed by atoms with Crippen LogP contribution < -0.4 is 15.0 Å². The molecule has 1 aliphatic heterocycles. The molecule has 0 radical (unpaired) electrons. The number of ether oxygens (including phenoxy) is 3. The number of anilines is 1. The highest BCUT2D eigenvalue weighted by Gasteiger charge is 2.47. The summed E-state index contributed by atoms with van der Waals surface area (Å²) < 4.78 is 51.5. The molecule has 1 atom stereocenters. The number of nitrogens with one attached hydrogen (secondary N) is 1. The molecule has 0 spiro atoms. The molecule has 3 rings (SSSR count). The van der Waals surface area contributed by atoms with Gasteiger partial charge in [-0.1, -0.05) is 35.3 Å². The van der Waals surface area contributed by atoms with Gasteiger partial charge in [0.25, 0.3) is 5.91 Å². The third kappa shape index (κ3) is 6.32. The van der Waals surface area contributed by atoms with Gasteiger partial charge in [0.1, 0.15) is 11.3 Å². The van der Waals surface area contributed by atoms with E-state index in [1.54, 1.807) is 19.1 Å². The van der Waals surface area contributed by atoms with E-state index >= 15 is 0 Å². The van der Waals surface area contributed by atoms with Crippen molar-refractivity contribution in [3.63, 3.8) is 0 Å². The summed E-state index contributed by atoms with van der Waals surface area (Å²) in [6.07, 6.45) is -5.27. The summed E-state index contributed by atoms with van der Waals surface area (Å²) in [4.78, 5) is 19.4. The Morgan fingerprint density at radius 1 is 1.09 bits per heavy atom. The highest BCUT2D eigenvalue weighted by atomic mass is 35.5. The molecule has 0 bridgehead atoms. The SMILES string of the molecule is COC(CN=C1N[C@](C)(Cc2ccc(OC(F)(F)F)cc2)C(=O)N1c1cc(Cl)cc(Cl)c1)OC. The van der Waals surface area contributed by atoms with Crippen molar-refractivity contribution in [2.24, 2.45) is 4.99 Å². The standard InChI is InChI=1S/C22H22Cl2F3N3O4/c1-21(11-13-4-6-17(7-5-13)34-22(25,26)27)19(31)30(16-9-14(23)8-15(24)10-16)20(29-21)28-12-18(32-2)33-3/h4-10,18H,11-12H2,1-3H3,(H,28,29)/t21-/m1/s1. The van der Waals surface area contributed by atoms with Crippen LogP contribution in [0.4, 0.5) is 18.9 Å². The van der Waals surface area contributed by atoms with E-state index in [0.717, 1.165) is 0 Å². The molecule has 1 N–H and O–H groups in total. The number of hydrogen-bond acceptors (Lipinski definition) is 5. The van der Waals surface area contributed by atoms with Crippen molar-refractivity contribution < 1.29 is 32.2 Å². The highest BCUT2D eigenvalue weighted by Crippen LogP contribution is 2.32. The summed E-state index contributed by atoms with van der Waals surface area (Å²) in [5, 5.41) is 3.79. The number of methoxy groups -OCH3 is 2. The van der Waals surface area contributed by atoms with Crippen LogP contribution in [0.15, 0.2) is 47.5 Å². The average Bonchev–Trinajstić information content (AvgIpc) is 2.98. The lowest BCUT2D eigenvalue weighted by atomic mass is 9.92. The lowest BCUT2D eigenvalue weighted by Crippen LogP contribution is -2.46. The van der Waals surface area contributed by atoms with Crippen molar-refractivity contribution in [3.05, 3.63) is 58.1 Å². The first-order valence-electron chi connectivity index (χ1n) is 9.97. The first kappa shape index (κ1) is 26.1. The predicted molar refractivity (Wildman–Crippen MR) is 122 cm³/mol. The zero-order chi connectivity index (χ0) is 25.1. The van der Waals surface area contributed by atoms with Crippen LogP contribution in [0.5, 0.6) is 5.75 Å². The van der Waals surface area contributed by atoms with E-state index in [1.165, 1.54) is 49.5 Å². The number of amides is 1. The molecule has 12 heteroatoms. The third-order valence-corrected chi connectivity index (χ3v) is 5.45. The van der Waals surface area contributed by atoms with Crippen molar-refractivity contribution in [1.29, 1.82) is 0 Å². The number of alkyl halides is 3. The van der Waals surface area contributed by atoms with Crippen LogP contribution in [-0.4, -0.2) is 50.8 Å². The molecule has 1 heterocycles. The first-order chi connectivity index (χ1) is 15.9. The molecular formula is C22H22Cl2F3N3O4. The minimum absolute atomic E-state index is 0.0902. The van der Waals surface area contributed by atoms with E-state index in [9.17, 15) is 18.0 Å². The number of halogens is 5. The number of guanidine groups is 1. The van der Waals surface area contributed by atoms with E-state index in [0.29, 0.717) is 21.3 Å². The number of carbonyl (C=O) groups is 1. The normalized spacial score (nSPS) is 19.7. The number of nitrogens with zero attached hydrogens (tertiary/aromatic N) is 2. The fourth-order valence-electron chi connectivity index (χ4n) is 3.46. The zero-order valence-corrected chi connectivity index (χ0v) is 20.0. The van der Waals surface area contributed by atoms with Crippen LogP contribution in [0.1, 0.15) is 12.5 Å². The third-order valence-electron chi connectivity index (χ3n) is 5.01. The van der Waals surface area contributed by atoms with Crippen molar-refractivity contribution >= 4 is 40.8 Å². The summed E-state index contributed by atoms with van der Waals surface area (Å²) in [5.74, 6) is -0.483. The highest BCUT2D eigenvalue weighted by molar-refractivity contribution is 6.36. The summed E-state index contributed by atoms with van der Waals surface area (Å²) in [6.45, 7) is 1.76. The van der Waals surface area contributed by atoms with Gasteiger partial charge in [0.05, 0.1) is 12.2 Å². The van der Waals surface area contributed by atoms with Gasteiger partial charge < -0.3 is 19.5 Å². The first-order valence-corrected chi connectivity index (χ1v) is 10.7. The second kappa shape index (κ2) is 10.4. The number of rotatable bonds is 8. The van der Waals surface area contributed by atoms with E-state index in [2.05, 4.69) is 15.0 Å². The molecule has 2 aromatic carbocycles. The largest absolute Gasteiger partial charge is 0.573 e. The van der Waals surface area contributed by atoms with Crippen LogP contribution in [0.2, 0.25) is 10.0 Å². The van der Waals surface area contributed by atoms with Crippen LogP contribution in [-0.2, 0) is 20.7 Å². The van der Waals surface area contributed by atoms with Crippen molar-refractivity contribution in [1.82, 2.24) is 5.32 Å². The molecule has 7 nitrogen and oxygen atoms in total. The van der Waals surface area contributed by atoms with Crippen LogP contribution in [0.3, 0.4) is 0 Å². The molecule has 1 aliphatic rings. The summed E-state index contributed by atoms with van der Waals surface area (Å²) in [6, 6.07) is 9.98. The van der Waals surface area contributed by atoms with Crippen LogP contribution >= 0.6 is 23.2 Å². The van der Waals surface area contributed by atoms with E-state index in [-0.39, 0.29) is 30.6 Å². The maximum absolute atomic E-state index is 13.6. The molecule has 1 saturated heterocycles. The fourth-order valence-corrected chi connectivity index (χ4v) is 3.98. The number of benzene rings is 2. The smallest absolute Gasteiger partial charge is 0.406 e. The molecule has 34 heavy (non-hydrogen) atoms. The predicted octanol–water partition coefficient (Wildman–Crippen LogP) is 4.80. The van der Waals surface area contributed by atoms with E-state index in [4.69, 9.17) is 32.7 Å². The van der Waals surface area contributed by atoms with Crippen LogP contribution in [0.25, 0.3) is 0 Å². The van der Waals surface area contributed by atoms with Gasteiger partial charge in [-0.2, -0.15) is 0 Å². The van der Waals surface area contributed by atoms with Crippen LogP contribution in [0, 0.1) is 0 Å². The van der Waals surface area contributed by atoms with Crippen molar-refractivity contribution in [2.45, 2.75) is 31.5 Å². The topological polar surface area (TPSA) is 72.4 Å². The second-order valence-electron chi connectivity index (χ2n) is 7.66. The molecular weight excluding hydrogens is 498 g/mol. The molecule has 0 aliphatic carbocycles. The maximum atomic E-state index is 13.6. The lowest BCUT2D eigenvalue weighted by Gasteiger charge is -2.22. The number of hydrogen-bond donors (Lipinski definition) is 1. The summed E-state index contributed by atoms with van der Waals surface area (Å²) in [7, 11) is 2.93. The molecule has 2 aromatic rings. The second-order valence-corrected chi connectivity index (χ2v) is 8.53. The maximum Gasteiger partial charge on any atom is 0.573 e. The average molecular weight is 520 g/mol. The summed E-state index contributed by atoms with van der Waals surface area (Å²) in [5.41, 5.74) is -0.164.